The normalized spacial score (nSPS) is 14.3. The Morgan fingerprint density at radius 3 is 2.11 bits per heavy atom. The van der Waals surface area contributed by atoms with Gasteiger partial charge < -0.3 is 5.43 Å². The highest BCUT2D eigenvalue weighted by molar-refractivity contribution is 5.23. The molecule has 0 bridgehead atoms. The number of alkyl halides is 1. The standard InChI is InChI=1S/C27H41FN10/c1-26(2,3)37-19-24(30-33-37)16-35(17-25-20-38(34-31-25)27(4,5)6)15-23-18-36(32-29-23)14-22-11-9-21(10-12-22)8-7-13-28/h9-12,18-20,30,33H,7-8,13-17H2,1-6H3. The number of hydrogen-bond acceptors (Lipinski definition) is 8. The van der Waals surface area contributed by atoms with Gasteiger partial charge >= 0.3 is 0 Å². The zero-order chi connectivity index (χ0) is 27.3. The van der Waals surface area contributed by atoms with Gasteiger partial charge in [0.15, 0.2) is 0 Å². The fourth-order valence-electron chi connectivity index (χ4n) is 4.12. The van der Waals surface area contributed by atoms with Crippen LogP contribution in [0, 0.1) is 0 Å². The first kappa shape index (κ1) is 27.7. The summed E-state index contributed by atoms with van der Waals surface area (Å²) in [5, 5.41) is 19.6. The highest BCUT2D eigenvalue weighted by atomic mass is 19.1. The Morgan fingerprint density at radius 1 is 0.842 bits per heavy atom. The van der Waals surface area contributed by atoms with E-state index < -0.39 is 0 Å². The highest BCUT2D eigenvalue weighted by Crippen LogP contribution is 2.18. The molecule has 0 amide bonds. The third-order valence-corrected chi connectivity index (χ3v) is 6.29. The van der Waals surface area contributed by atoms with Crippen molar-refractivity contribution >= 4 is 0 Å². The Kier molecular flexibility index (Phi) is 8.47. The van der Waals surface area contributed by atoms with Crippen LogP contribution in [0.2, 0.25) is 0 Å². The van der Waals surface area contributed by atoms with Gasteiger partial charge in [-0.1, -0.05) is 34.7 Å². The first-order valence-electron chi connectivity index (χ1n) is 13.2. The molecule has 3 aromatic rings. The van der Waals surface area contributed by atoms with Crippen LogP contribution in [0.1, 0.15) is 70.5 Å². The molecule has 0 atom stereocenters. The van der Waals surface area contributed by atoms with E-state index in [9.17, 15) is 4.39 Å². The van der Waals surface area contributed by atoms with E-state index in [1.165, 1.54) is 0 Å². The fraction of sp³-hybridized carbons (Fsp3) is 0.556. The number of aromatic nitrogens is 6. The van der Waals surface area contributed by atoms with Crippen LogP contribution in [0.5, 0.6) is 0 Å². The second-order valence-electron chi connectivity index (χ2n) is 11.9. The molecule has 0 unspecified atom stereocenters. The largest absolute Gasteiger partial charge is 0.305 e. The van der Waals surface area contributed by atoms with Crippen molar-refractivity contribution in [2.75, 3.05) is 13.2 Å². The lowest BCUT2D eigenvalue weighted by atomic mass is 10.1. The summed E-state index contributed by atoms with van der Waals surface area (Å²) in [7, 11) is 0. The zero-order valence-electron chi connectivity index (χ0n) is 23.4. The molecule has 0 fully saturated rings. The van der Waals surface area contributed by atoms with Gasteiger partial charge in [0, 0.05) is 31.4 Å². The van der Waals surface area contributed by atoms with Crippen LogP contribution in [0.15, 0.2) is 48.6 Å². The highest BCUT2D eigenvalue weighted by Gasteiger charge is 2.25. The summed E-state index contributed by atoms with van der Waals surface area (Å²) in [6.07, 6.45) is 7.43. The van der Waals surface area contributed by atoms with Gasteiger partial charge in [-0.05, 0) is 65.5 Å². The molecule has 2 N–H and O–H groups in total. The Labute approximate surface area is 224 Å². The van der Waals surface area contributed by atoms with Crippen LogP contribution in [0.25, 0.3) is 0 Å². The molecule has 3 heterocycles. The van der Waals surface area contributed by atoms with Crippen molar-refractivity contribution in [1.29, 1.82) is 0 Å². The molecule has 1 aliphatic rings. The van der Waals surface area contributed by atoms with Gasteiger partial charge in [-0.3, -0.25) is 14.3 Å². The minimum absolute atomic E-state index is 0.0525. The van der Waals surface area contributed by atoms with Crippen molar-refractivity contribution in [1.82, 2.24) is 50.9 Å². The molecule has 0 radical (unpaired) electrons. The van der Waals surface area contributed by atoms with Crippen LogP contribution < -0.4 is 11.0 Å². The molecule has 2 aromatic heterocycles. The Bertz CT molecular complexity index is 1200. The predicted molar refractivity (Wildman–Crippen MR) is 145 cm³/mol. The SMILES string of the molecule is CC(C)(C)N1C=C(CN(Cc2cn(Cc3ccc(CCCF)cc3)nn2)Cc2cn(C(C)(C)C)nn2)NN1. The summed E-state index contributed by atoms with van der Waals surface area (Å²) in [4.78, 5) is 2.28. The Hall–Kier alpha value is -3.31. The Balaban J connectivity index is 1.45. The number of nitrogens with one attached hydrogen (secondary N) is 2. The number of hydrogen-bond donors (Lipinski definition) is 2. The number of rotatable bonds is 11. The maximum Gasteiger partial charge on any atom is 0.0967 e. The summed E-state index contributed by atoms with van der Waals surface area (Å²) in [5.74, 6) is 0. The maximum atomic E-state index is 12.4. The van der Waals surface area contributed by atoms with Crippen LogP contribution in [0.3, 0.4) is 0 Å². The predicted octanol–water partition coefficient (Wildman–Crippen LogP) is 3.54. The summed E-state index contributed by atoms with van der Waals surface area (Å²) >= 11 is 0. The molecule has 0 spiro atoms. The van der Waals surface area contributed by atoms with Crippen molar-refractivity contribution in [2.24, 2.45) is 0 Å². The Morgan fingerprint density at radius 2 is 1.50 bits per heavy atom. The molecule has 1 aliphatic heterocycles. The van der Waals surface area contributed by atoms with E-state index in [1.807, 2.05) is 21.8 Å². The zero-order valence-corrected chi connectivity index (χ0v) is 23.4. The van der Waals surface area contributed by atoms with E-state index in [-0.39, 0.29) is 17.8 Å². The average molecular weight is 525 g/mol. The minimum atomic E-state index is -0.284. The quantitative estimate of drug-likeness (QED) is 0.394. The van der Waals surface area contributed by atoms with Gasteiger partial charge in [0.2, 0.25) is 0 Å². The lowest BCUT2D eigenvalue weighted by Crippen LogP contribution is -2.47. The van der Waals surface area contributed by atoms with Gasteiger partial charge in [-0.15, -0.1) is 15.7 Å². The van der Waals surface area contributed by atoms with Crippen molar-refractivity contribution in [2.45, 2.75) is 85.1 Å². The number of halogens is 1. The smallest absolute Gasteiger partial charge is 0.0967 e. The summed E-state index contributed by atoms with van der Waals surface area (Å²) in [5.41, 5.74) is 11.5. The molecule has 10 nitrogen and oxygen atoms in total. The van der Waals surface area contributed by atoms with Crippen molar-refractivity contribution in [3.8, 4) is 0 Å². The lowest BCUT2D eigenvalue weighted by Gasteiger charge is -2.30. The number of aryl methyl sites for hydroxylation is 1. The molecule has 0 saturated carbocycles. The van der Waals surface area contributed by atoms with Crippen LogP contribution >= 0.6 is 0 Å². The fourth-order valence-corrected chi connectivity index (χ4v) is 4.12. The van der Waals surface area contributed by atoms with Crippen LogP contribution in [-0.2, 0) is 31.6 Å². The van der Waals surface area contributed by atoms with E-state index in [2.05, 4.69) is 114 Å². The summed E-state index contributed by atoms with van der Waals surface area (Å²) in [6, 6.07) is 8.27. The first-order valence-corrected chi connectivity index (χ1v) is 13.2. The third-order valence-electron chi connectivity index (χ3n) is 6.29. The van der Waals surface area contributed by atoms with Gasteiger partial charge in [-0.2, -0.15) is 0 Å². The topological polar surface area (TPSA) is 92.0 Å². The third kappa shape index (κ3) is 7.61. The van der Waals surface area contributed by atoms with Crippen molar-refractivity contribution in [3.05, 3.63) is 71.1 Å². The minimum Gasteiger partial charge on any atom is -0.305 e. The van der Waals surface area contributed by atoms with E-state index in [0.717, 1.165) is 34.6 Å². The number of benzene rings is 1. The van der Waals surface area contributed by atoms with Gasteiger partial charge in [0.1, 0.15) is 0 Å². The molecule has 1 aromatic carbocycles. The van der Waals surface area contributed by atoms with Gasteiger partial charge in [-0.25, -0.2) is 9.36 Å². The van der Waals surface area contributed by atoms with Crippen molar-refractivity contribution < 1.29 is 4.39 Å². The van der Waals surface area contributed by atoms with Crippen LogP contribution in [-0.4, -0.2) is 58.7 Å². The molecule has 0 aliphatic carbocycles. The average Bonchev–Trinajstić information content (AvgIpc) is 3.60. The van der Waals surface area contributed by atoms with E-state index >= 15 is 0 Å². The monoisotopic (exact) mass is 524 g/mol. The molecule has 11 heteroatoms. The second-order valence-corrected chi connectivity index (χ2v) is 11.9. The molecular formula is C27H41FN10. The molecule has 4 rings (SSSR count). The molecule has 0 saturated heterocycles. The van der Waals surface area contributed by atoms with E-state index in [1.54, 1.807) is 0 Å². The van der Waals surface area contributed by atoms with E-state index in [4.69, 9.17) is 0 Å². The van der Waals surface area contributed by atoms with Gasteiger partial charge in [0.25, 0.3) is 0 Å². The van der Waals surface area contributed by atoms with Crippen LogP contribution in [0.4, 0.5) is 4.39 Å². The van der Waals surface area contributed by atoms with Crippen molar-refractivity contribution in [3.63, 3.8) is 0 Å². The molecule has 206 valence electrons. The number of hydrazine groups is 2. The molecule has 38 heavy (non-hydrogen) atoms. The van der Waals surface area contributed by atoms with Gasteiger partial charge in [0.05, 0.1) is 48.2 Å². The summed E-state index contributed by atoms with van der Waals surface area (Å²) in [6.45, 7) is 15.0. The molecular weight excluding hydrogens is 483 g/mol. The maximum absolute atomic E-state index is 12.4. The van der Waals surface area contributed by atoms with E-state index in [0.29, 0.717) is 32.6 Å². The summed E-state index contributed by atoms with van der Waals surface area (Å²) < 4.78 is 16.2. The lowest BCUT2D eigenvalue weighted by molar-refractivity contribution is 0.137. The second kappa shape index (κ2) is 11.6. The first-order chi connectivity index (χ1) is 18.0. The number of nitrogens with zero attached hydrogens (tertiary/aromatic N) is 8.